The van der Waals surface area contributed by atoms with Crippen molar-refractivity contribution < 1.29 is 14.3 Å². The predicted molar refractivity (Wildman–Crippen MR) is 62.6 cm³/mol. The molecular formula is C13H21NO3. The molecule has 0 amide bonds. The quantitative estimate of drug-likeness (QED) is 0.694. The predicted octanol–water partition coefficient (Wildman–Crippen LogP) is 1.19. The van der Waals surface area contributed by atoms with Crippen molar-refractivity contribution in [1.82, 2.24) is 4.90 Å². The van der Waals surface area contributed by atoms with Crippen LogP contribution in [0.4, 0.5) is 0 Å². The van der Waals surface area contributed by atoms with Crippen LogP contribution in [0.2, 0.25) is 0 Å². The topological polar surface area (TPSA) is 38.8 Å². The second-order valence-corrected chi connectivity index (χ2v) is 5.45. The zero-order valence-corrected chi connectivity index (χ0v) is 10.4. The molecule has 1 heterocycles. The SMILES string of the molecule is COC(=O)C(C1CC1)N1CCOC2CCCC21. The number of fused-ring (bicyclic) bond motifs is 1. The minimum atomic E-state index is -0.0416. The molecule has 4 nitrogen and oxygen atoms in total. The largest absolute Gasteiger partial charge is 0.468 e. The van der Waals surface area contributed by atoms with E-state index >= 15 is 0 Å². The molecule has 0 aromatic carbocycles. The van der Waals surface area contributed by atoms with Gasteiger partial charge in [-0.15, -0.1) is 0 Å². The van der Waals surface area contributed by atoms with Gasteiger partial charge < -0.3 is 9.47 Å². The van der Waals surface area contributed by atoms with Gasteiger partial charge in [0.15, 0.2) is 0 Å². The maximum atomic E-state index is 12.0. The number of methoxy groups -OCH3 is 1. The summed E-state index contributed by atoms with van der Waals surface area (Å²) in [5.74, 6) is 0.488. The molecule has 2 aliphatic carbocycles. The average molecular weight is 239 g/mol. The number of carbonyl (C=O) groups excluding carboxylic acids is 1. The number of hydrogen-bond donors (Lipinski definition) is 0. The molecule has 2 saturated carbocycles. The minimum absolute atomic E-state index is 0.00509. The van der Waals surface area contributed by atoms with Gasteiger partial charge in [-0.2, -0.15) is 0 Å². The normalized spacial score (nSPS) is 35.4. The first-order chi connectivity index (χ1) is 8.31. The Hall–Kier alpha value is -0.610. The number of nitrogens with zero attached hydrogens (tertiary/aromatic N) is 1. The Balaban J connectivity index is 1.77. The molecular weight excluding hydrogens is 218 g/mol. The van der Waals surface area contributed by atoms with E-state index in [1.165, 1.54) is 32.8 Å². The van der Waals surface area contributed by atoms with E-state index in [2.05, 4.69) is 4.90 Å². The van der Waals surface area contributed by atoms with Gasteiger partial charge in [-0.1, -0.05) is 0 Å². The summed E-state index contributed by atoms with van der Waals surface area (Å²) in [4.78, 5) is 14.4. The molecule has 1 saturated heterocycles. The van der Waals surface area contributed by atoms with Crippen molar-refractivity contribution in [3.8, 4) is 0 Å². The van der Waals surface area contributed by atoms with Gasteiger partial charge in [-0.25, -0.2) is 0 Å². The molecule has 3 rings (SSSR count). The van der Waals surface area contributed by atoms with Crippen molar-refractivity contribution in [2.75, 3.05) is 20.3 Å². The molecule has 3 fully saturated rings. The van der Waals surface area contributed by atoms with Gasteiger partial charge in [0.25, 0.3) is 0 Å². The number of rotatable bonds is 3. The summed E-state index contributed by atoms with van der Waals surface area (Å²) in [6.07, 6.45) is 6.26. The average Bonchev–Trinajstić information content (AvgIpc) is 3.06. The highest BCUT2D eigenvalue weighted by Crippen LogP contribution is 2.40. The number of carbonyl (C=O) groups is 1. The Morgan fingerprint density at radius 2 is 2.18 bits per heavy atom. The molecule has 3 unspecified atom stereocenters. The molecule has 17 heavy (non-hydrogen) atoms. The molecule has 0 radical (unpaired) electrons. The van der Waals surface area contributed by atoms with Crippen molar-refractivity contribution in [3.63, 3.8) is 0 Å². The van der Waals surface area contributed by atoms with Crippen LogP contribution < -0.4 is 0 Å². The smallest absolute Gasteiger partial charge is 0.323 e. The first-order valence-electron chi connectivity index (χ1n) is 6.76. The third kappa shape index (κ3) is 2.08. The third-order valence-electron chi connectivity index (χ3n) is 4.39. The summed E-state index contributed by atoms with van der Waals surface area (Å²) in [5.41, 5.74) is 0. The zero-order chi connectivity index (χ0) is 11.8. The number of ether oxygens (including phenoxy) is 2. The van der Waals surface area contributed by atoms with Crippen LogP contribution in [0.25, 0.3) is 0 Å². The lowest BCUT2D eigenvalue weighted by molar-refractivity contribution is -0.154. The minimum Gasteiger partial charge on any atom is -0.468 e. The molecule has 0 bridgehead atoms. The monoisotopic (exact) mass is 239 g/mol. The Morgan fingerprint density at radius 3 is 2.88 bits per heavy atom. The Labute approximate surface area is 102 Å². The van der Waals surface area contributed by atoms with E-state index in [1.54, 1.807) is 0 Å². The standard InChI is InChI=1S/C13H21NO3/c1-16-13(15)12(9-5-6-9)14-7-8-17-11-4-2-3-10(11)14/h9-12H,2-8H2,1H3. The second-order valence-electron chi connectivity index (χ2n) is 5.45. The van der Waals surface area contributed by atoms with Crippen molar-refractivity contribution in [2.24, 2.45) is 5.92 Å². The Bertz CT molecular complexity index is 303. The molecule has 3 aliphatic rings. The van der Waals surface area contributed by atoms with Gasteiger partial charge in [0.05, 0.1) is 19.8 Å². The van der Waals surface area contributed by atoms with Crippen molar-refractivity contribution in [3.05, 3.63) is 0 Å². The third-order valence-corrected chi connectivity index (χ3v) is 4.39. The molecule has 3 atom stereocenters. The van der Waals surface area contributed by atoms with E-state index in [0.29, 0.717) is 18.1 Å². The van der Waals surface area contributed by atoms with E-state index in [0.717, 1.165) is 19.6 Å². The van der Waals surface area contributed by atoms with E-state index in [-0.39, 0.29) is 12.0 Å². The summed E-state index contributed by atoms with van der Waals surface area (Å²) in [7, 11) is 1.50. The van der Waals surface area contributed by atoms with Crippen molar-refractivity contribution in [2.45, 2.75) is 50.3 Å². The van der Waals surface area contributed by atoms with Gasteiger partial charge in [0.1, 0.15) is 6.04 Å². The maximum absolute atomic E-state index is 12.0. The molecule has 1 aliphatic heterocycles. The maximum Gasteiger partial charge on any atom is 0.323 e. The van der Waals surface area contributed by atoms with Gasteiger partial charge in [0.2, 0.25) is 0 Å². The highest BCUT2D eigenvalue weighted by atomic mass is 16.5. The number of morpholine rings is 1. The van der Waals surface area contributed by atoms with Crippen LogP contribution in [-0.4, -0.2) is 49.3 Å². The molecule has 96 valence electrons. The highest BCUT2D eigenvalue weighted by molar-refractivity contribution is 5.76. The van der Waals surface area contributed by atoms with Crippen LogP contribution in [0.1, 0.15) is 32.1 Å². The molecule has 0 aromatic heterocycles. The van der Waals surface area contributed by atoms with Gasteiger partial charge >= 0.3 is 5.97 Å². The van der Waals surface area contributed by atoms with Crippen molar-refractivity contribution in [1.29, 1.82) is 0 Å². The van der Waals surface area contributed by atoms with Gasteiger partial charge in [-0.3, -0.25) is 9.69 Å². The first kappa shape index (κ1) is 11.5. The fourth-order valence-corrected chi connectivity index (χ4v) is 3.43. The fraction of sp³-hybridized carbons (Fsp3) is 0.923. The number of esters is 1. The lowest BCUT2D eigenvalue weighted by atomic mass is 10.0. The van der Waals surface area contributed by atoms with Crippen LogP contribution in [0, 0.1) is 5.92 Å². The van der Waals surface area contributed by atoms with E-state index in [1.807, 2.05) is 0 Å². The summed E-state index contributed by atoms with van der Waals surface area (Å²) in [5, 5.41) is 0. The van der Waals surface area contributed by atoms with E-state index in [4.69, 9.17) is 9.47 Å². The fourth-order valence-electron chi connectivity index (χ4n) is 3.43. The first-order valence-corrected chi connectivity index (χ1v) is 6.76. The van der Waals surface area contributed by atoms with Gasteiger partial charge in [0, 0.05) is 12.6 Å². The second kappa shape index (κ2) is 4.58. The van der Waals surface area contributed by atoms with Crippen LogP contribution in [0.15, 0.2) is 0 Å². The van der Waals surface area contributed by atoms with E-state index < -0.39 is 0 Å². The highest BCUT2D eigenvalue weighted by Gasteiger charge is 2.47. The van der Waals surface area contributed by atoms with Crippen LogP contribution in [0.3, 0.4) is 0 Å². The van der Waals surface area contributed by atoms with Gasteiger partial charge in [-0.05, 0) is 38.0 Å². The zero-order valence-electron chi connectivity index (χ0n) is 10.4. The molecule has 0 N–H and O–H groups in total. The molecule has 0 aromatic rings. The van der Waals surface area contributed by atoms with E-state index in [9.17, 15) is 4.79 Å². The van der Waals surface area contributed by atoms with Crippen LogP contribution in [-0.2, 0) is 14.3 Å². The Morgan fingerprint density at radius 1 is 1.35 bits per heavy atom. The summed E-state index contributed by atoms with van der Waals surface area (Å²) in [6.45, 7) is 1.65. The number of hydrogen-bond acceptors (Lipinski definition) is 4. The summed E-state index contributed by atoms with van der Waals surface area (Å²) >= 11 is 0. The lowest BCUT2D eigenvalue weighted by Gasteiger charge is -2.41. The summed E-state index contributed by atoms with van der Waals surface area (Å²) in [6, 6.07) is 0.447. The van der Waals surface area contributed by atoms with Crippen LogP contribution in [0.5, 0.6) is 0 Å². The Kier molecular flexibility index (Phi) is 3.09. The molecule has 0 spiro atoms. The molecule has 4 heteroatoms. The van der Waals surface area contributed by atoms with Crippen LogP contribution >= 0.6 is 0 Å². The summed E-state index contributed by atoms with van der Waals surface area (Å²) < 4.78 is 10.8. The lowest BCUT2D eigenvalue weighted by Crippen LogP contribution is -2.56. The van der Waals surface area contributed by atoms with Crippen molar-refractivity contribution >= 4 is 5.97 Å².